The molecule has 3 nitrogen and oxygen atoms in total. The van der Waals surface area contributed by atoms with Crippen LogP contribution in [0.5, 0.6) is 0 Å². The van der Waals surface area contributed by atoms with Crippen LogP contribution in [-0.4, -0.2) is 30.4 Å². The maximum atomic E-state index is 12.3. The Labute approximate surface area is 134 Å². The van der Waals surface area contributed by atoms with E-state index in [-0.39, 0.29) is 12.4 Å². The molecule has 1 amide bonds. The smallest absolute Gasteiger partial charge is 0.223 e. The van der Waals surface area contributed by atoms with E-state index in [0.29, 0.717) is 18.4 Å². The molecular formula is C17H27ClN2O. The van der Waals surface area contributed by atoms with Crippen molar-refractivity contribution in [3.8, 4) is 0 Å². The fourth-order valence-electron chi connectivity index (χ4n) is 2.44. The second kappa shape index (κ2) is 9.06. The summed E-state index contributed by atoms with van der Waals surface area (Å²) in [5.74, 6) is 0.308. The molecule has 0 bridgehead atoms. The predicted octanol–water partition coefficient (Wildman–Crippen LogP) is 3.16. The Balaban J connectivity index is 0.00000220. The van der Waals surface area contributed by atoms with Gasteiger partial charge >= 0.3 is 0 Å². The lowest BCUT2D eigenvalue weighted by Gasteiger charge is -2.23. The van der Waals surface area contributed by atoms with Gasteiger partial charge < -0.3 is 10.2 Å². The third kappa shape index (κ3) is 5.68. The molecule has 1 aromatic rings. The number of carbonyl (C=O) groups is 1. The summed E-state index contributed by atoms with van der Waals surface area (Å²) in [5.41, 5.74) is 2.60. The summed E-state index contributed by atoms with van der Waals surface area (Å²) in [6, 6.07) is 9.16. The lowest BCUT2D eigenvalue weighted by molar-refractivity contribution is -0.132. The van der Waals surface area contributed by atoms with E-state index in [4.69, 9.17) is 0 Å². The van der Waals surface area contributed by atoms with Crippen LogP contribution in [0, 0.1) is 0 Å². The Morgan fingerprint density at radius 1 is 1.24 bits per heavy atom. The summed E-state index contributed by atoms with van der Waals surface area (Å²) in [7, 11) is 1.93. The second-order valence-corrected chi connectivity index (χ2v) is 5.63. The average molecular weight is 311 g/mol. The lowest BCUT2D eigenvalue weighted by Crippen LogP contribution is -2.32. The van der Waals surface area contributed by atoms with Crippen LogP contribution in [0.1, 0.15) is 43.7 Å². The molecular weight excluding hydrogens is 284 g/mol. The van der Waals surface area contributed by atoms with Gasteiger partial charge in [0.25, 0.3) is 0 Å². The zero-order chi connectivity index (χ0) is 14.4. The van der Waals surface area contributed by atoms with Gasteiger partial charge in [0, 0.05) is 19.0 Å². The van der Waals surface area contributed by atoms with Gasteiger partial charge in [0.05, 0.1) is 0 Å². The van der Waals surface area contributed by atoms with Gasteiger partial charge in [0.1, 0.15) is 0 Å². The monoisotopic (exact) mass is 310 g/mol. The highest BCUT2D eigenvalue weighted by atomic mass is 35.5. The van der Waals surface area contributed by atoms with Crippen molar-refractivity contribution in [1.29, 1.82) is 0 Å². The van der Waals surface area contributed by atoms with Gasteiger partial charge in [0.15, 0.2) is 0 Å². The second-order valence-electron chi connectivity index (χ2n) is 5.63. The maximum absolute atomic E-state index is 12.3. The molecule has 2 rings (SSSR count). The van der Waals surface area contributed by atoms with Crippen molar-refractivity contribution in [2.24, 2.45) is 0 Å². The van der Waals surface area contributed by atoms with Crippen LogP contribution >= 0.6 is 12.4 Å². The Morgan fingerprint density at radius 3 is 2.38 bits per heavy atom. The zero-order valence-electron chi connectivity index (χ0n) is 13.1. The molecule has 1 aliphatic carbocycles. The Morgan fingerprint density at radius 2 is 1.86 bits per heavy atom. The summed E-state index contributed by atoms with van der Waals surface area (Å²) in [6.07, 6.45) is 4.99. The molecule has 118 valence electrons. The van der Waals surface area contributed by atoms with Gasteiger partial charge in [-0.1, -0.05) is 31.2 Å². The van der Waals surface area contributed by atoms with E-state index in [9.17, 15) is 4.79 Å². The molecule has 0 atom stereocenters. The van der Waals surface area contributed by atoms with Crippen LogP contribution in [0.3, 0.4) is 0 Å². The van der Waals surface area contributed by atoms with E-state index < -0.39 is 0 Å². The number of amides is 1. The number of rotatable bonds is 8. The van der Waals surface area contributed by atoms with Crippen LogP contribution in [0.15, 0.2) is 24.3 Å². The number of nitrogens with zero attached hydrogens (tertiary/aromatic N) is 1. The standard InChI is InChI=1S/C17H26N2O.ClH/c1-3-14-6-8-15(9-7-14)13-19(16-10-11-16)17(20)5-4-12-18-2;/h6-9,16,18H,3-5,10-13H2,1-2H3;1H. The van der Waals surface area contributed by atoms with E-state index >= 15 is 0 Å². The van der Waals surface area contributed by atoms with Gasteiger partial charge in [0.2, 0.25) is 5.91 Å². The van der Waals surface area contributed by atoms with Crippen molar-refractivity contribution in [2.45, 2.75) is 51.6 Å². The van der Waals surface area contributed by atoms with E-state index in [0.717, 1.165) is 25.9 Å². The van der Waals surface area contributed by atoms with Gasteiger partial charge in [-0.25, -0.2) is 0 Å². The third-order valence-corrected chi connectivity index (χ3v) is 3.91. The minimum atomic E-state index is 0. The number of carbonyl (C=O) groups excluding carboxylic acids is 1. The number of halogens is 1. The molecule has 0 saturated heterocycles. The molecule has 0 unspecified atom stereocenters. The van der Waals surface area contributed by atoms with Crippen LogP contribution < -0.4 is 5.32 Å². The molecule has 1 N–H and O–H groups in total. The van der Waals surface area contributed by atoms with Gasteiger partial charge in [-0.15, -0.1) is 12.4 Å². The van der Waals surface area contributed by atoms with Crippen LogP contribution in [0.25, 0.3) is 0 Å². The summed E-state index contributed by atoms with van der Waals surface area (Å²) >= 11 is 0. The number of nitrogens with one attached hydrogen (secondary N) is 1. The molecule has 1 aromatic carbocycles. The Hall–Kier alpha value is -1.06. The summed E-state index contributed by atoms with van der Waals surface area (Å²) in [6.45, 7) is 3.85. The average Bonchev–Trinajstić information content (AvgIpc) is 3.30. The number of benzene rings is 1. The van der Waals surface area contributed by atoms with Crippen LogP contribution in [0.2, 0.25) is 0 Å². The van der Waals surface area contributed by atoms with E-state index in [2.05, 4.69) is 41.4 Å². The first-order valence-electron chi connectivity index (χ1n) is 7.76. The Kier molecular flexibility index (Phi) is 7.76. The first-order chi connectivity index (χ1) is 9.74. The summed E-state index contributed by atoms with van der Waals surface area (Å²) < 4.78 is 0. The quantitative estimate of drug-likeness (QED) is 0.748. The first-order valence-corrected chi connectivity index (χ1v) is 7.76. The van der Waals surface area contributed by atoms with E-state index in [1.807, 2.05) is 7.05 Å². The SMILES string of the molecule is CCc1ccc(CN(C(=O)CCCNC)C2CC2)cc1.Cl. The summed E-state index contributed by atoms with van der Waals surface area (Å²) in [5, 5.41) is 3.10. The fraction of sp³-hybridized carbons (Fsp3) is 0.588. The molecule has 0 aromatic heterocycles. The molecule has 0 heterocycles. The van der Waals surface area contributed by atoms with Crippen LogP contribution in [-0.2, 0) is 17.8 Å². The molecule has 4 heteroatoms. The van der Waals surface area contributed by atoms with Crippen LogP contribution in [0.4, 0.5) is 0 Å². The van der Waals surface area contributed by atoms with Crippen molar-refractivity contribution >= 4 is 18.3 Å². The Bertz CT molecular complexity index is 429. The lowest BCUT2D eigenvalue weighted by atomic mass is 10.1. The van der Waals surface area contributed by atoms with Gasteiger partial charge in [-0.2, -0.15) is 0 Å². The minimum absolute atomic E-state index is 0. The highest BCUT2D eigenvalue weighted by molar-refractivity contribution is 5.85. The molecule has 0 radical (unpaired) electrons. The topological polar surface area (TPSA) is 32.3 Å². The third-order valence-electron chi connectivity index (χ3n) is 3.91. The van der Waals surface area contributed by atoms with Crippen molar-refractivity contribution in [1.82, 2.24) is 10.2 Å². The molecule has 1 saturated carbocycles. The normalized spacial score (nSPS) is 13.6. The number of hydrogen-bond acceptors (Lipinski definition) is 2. The highest BCUT2D eigenvalue weighted by Gasteiger charge is 2.31. The molecule has 0 aliphatic heterocycles. The summed E-state index contributed by atoms with van der Waals surface area (Å²) in [4.78, 5) is 14.4. The van der Waals surface area contributed by atoms with Gasteiger partial charge in [-0.3, -0.25) is 4.79 Å². The van der Waals surface area contributed by atoms with E-state index in [1.165, 1.54) is 24.0 Å². The largest absolute Gasteiger partial charge is 0.335 e. The molecule has 1 fully saturated rings. The van der Waals surface area contributed by atoms with Crippen molar-refractivity contribution in [2.75, 3.05) is 13.6 Å². The highest BCUT2D eigenvalue weighted by Crippen LogP contribution is 2.29. The van der Waals surface area contributed by atoms with Crippen molar-refractivity contribution < 1.29 is 4.79 Å². The van der Waals surface area contributed by atoms with Crippen molar-refractivity contribution in [3.05, 3.63) is 35.4 Å². The van der Waals surface area contributed by atoms with Crippen molar-refractivity contribution in [3.63, 3.8) is 0 Å². The minimum Gasteiger partial charge on any atom is -0.335 e. The predicted molar refractivity (Wildman–Crippen MR) is 89.8 cm³/mol. The molecule has 1 aliphatic rings. The molecule has 0 spiro atoms. The maximum Gasteiger partial charge on any atom is 0.223 e. The van der Waals surface area contributed by atoms with Gasteiger partial charge in [-0.05, 0) is 50.4 Å². The first kappa shape index (κ1) is 18.0. The zero-order valence-corrected chi connectivity index (χ0v) is 13.9. The number of hydrogen-bond donors (Lipinski definition) is 1. The van der Waals surface area contributed by atoms with E-state index in [1.54, 1.807) is 0 Å². The number of aryl methyl sites for hydroxylation is 1. The fourth-order valence-corrected chi connectivity index (χ4v) is 2.44. The molecule has 21 heavy (non-hydrogen) atoms.